The van der Waals surface area contributed by atoms with Gasteiger partial charge in [-0.1, -0.05) is 0 Å². The number of nitrogens with one attached hydrogen (secondary N) is 3. The molecule has 0 saturated heterocycles. The van der Waals surface area contributed by atoms with Crippen molar-refractivity contribution in [3.8, 4) is 0 Å². The molecule has 2 aromatic rings. The van der Waals surface area contributed by atoms with E-state index < -0.39 is 17.2 Å². The maximum Gasteiger partial charge on any atom is 0.408 e. The van der Waals surface area contributed by atoms with E-state index in [9.17, 15) is 4.79 Å². The Kier molecular flexibility index (Phi) is 4.94. The van der Waals surface area contributed by atoms with Gasteiger partial charge in [-0.05, 0) is 52.3 Å². The molecule has 2 aromatic heterocycles. The average Bonchev–Trinajstić information content (AvgIpc) is 2.79. The van der Waals surface area contributed by atoms with Gasteiger partial charge in [0.15, 0.2) is 0 Å². The Morgan fingerprint density at radius 2 is 2.04 bits per heavy atom. The van der Waals surface area contributed by atoms with Crippen LogP contribution in [0, 0.1) is 0 Å². The molecular weight excluding hydrogens is 292 g/mol. The highest BCUT2D eigenvalue weighted by Crippen LogP contribution is 2.15. The van der Waals surface area contributed by atoms with Crippen molar-refractivity contribution >= 4 is 17.1 Å². The van der Waals surface area contributed by atoms with Crippen LogP contribution in [-0.4, -0.2) is 33.7 Å². The van der Waals surface area contributed by atoms with Gasteiger partial charge in [-0.15, -0.1) is 0 Å². The number of alkyl carbamates (subject to hydrolysis) is 1. The molecule has 3 N–H and O–H groups in total. The van der Waals surface area contributed by atoms with E-state index in [1.165, 1.54) is 0 Å². The van der Waals surface area contributed by atoms with Crippen LogP contribution < -0.4 is 10.6 Å². The van der Waals surface area contributed by atoms with E-state index in [0.29, 0.717) is 13.1 Å². The number of pyridine rings is 1. The maximum absolute atomic E-state index is 11.9. The van der Waals surface area contributed by atoms with Crippen LogP contribution in [0.2, 0.25) is 0 Å². The summed E-state index contributed by atoms with van der Waals surface area (Å²) >= 11 is 0. The van der Waals surface area contributed by atoms with E-state index >= 15 is 0 Å². The SMILES string of the molecule is CC(C)(CNCc1c[nH]c2ncccc12)NC(=O)OC(C)(C)C. The van der Waals surface area contributed by atoms with Gasteiger partial charge in [-0.3, -0.25) is 0 Å². The van der Waals surface area contributed by atoms with Gasteiger partial charge in [-0.25, -0.2) is 9.78 Å². The van der Waals surface area contributed by atoms with Crippen molar-refractivity contribution in [1.82, 2.24) is 20.6 Å². The number of H-pyrrole nitrogens is 1. The summed E-state index contributed by atoms with van der Waals surface area (Å²) in [6.07, 6.45) is 3.32. The minimum Gasteiger partial charge on any atom is -0.444 e. The van der Waals surface area contributed by atoms with Gasteiger partial charge < -0.3 is 20.4 Å². The summed E-state index contributed by atoms with van der Waals surface area (Å²) in [5.41, 5.74) is 1.13. The summed E-state index contributed by atoms with van der Waals surface area (Å²) in [4.78, 5) is 19.3. The zero-order valence-electron chi connectivity index (χ0n) is 14.5. The number of rotatable bonds is 5. The largest absolute Gasteiger partial charge is 0.444 e. The van der Waals surface area contributed by atoms with Crippen molar-refractivity contribution in [3.63, 3.8) is 0 Å². The molecule has 0 bridgehead atoms. The molecule has 1 amide bonds. The number of carbonyl (C=O) groups excluding carboxylic acids is 1. The van der Waals surface area contributed by atoms with Crippen LogP contribution in [0.25, 0.3) is 11.0 Å². The zero-order chi connectivity index (χ0) is 17.1. The summed E-state index contributed by atoms with van der Waals surface area (Å²) in [5.74, 6) is 0. The number of hydrogen-bond acceptors (Lipinski definition) is 4. The number of fused-ring (bicyclic) bond motifs is 1. The molecule has 0 fully saturated rings. The second-order valence-corrected chi connectivity index (χ2v) is 7.33. The van der Waals surface area contributed by atoms with Gasteiger partial charge in [0.05, 0.1) is 5.54 Å². The lowest BCUT2D eigenvalue weighted by Gasteiger charge is -2.29. The Hall–Kier alpha value is -2.08. The Balaban J connectivity index is 1.86. The van der Waals surface area contributed by atoms with Crippen LogP contribution in [-0.2, 0) is 11.3 Å². The van der Waals surface area contributed by atoms with Crippen LogP contribution in [0.5, 0.6) is 0 Å². The minimum atomic E-state index is -0.495. The van der Waals surface area contributed by atoms with Gasteiger partial charge in [0.2, 0.25) is 0 Å². The summed E-state index contributed by atoms with van der Waals surface area (Å²) < 4.78 is 5.29. The Labute approximate surface area is 137 Å². The van der Waals surface area contributed by atoms with E-state index in [4.69, 9.17) is 4.74 Å². The van der Waals surface area contributed by atoms with Crippen LogP contribution >= 0.6 is 0 Å². The predicted molar refractivity (Wildman–Crippen MR) is 91.2 cm³/mol. The number of ether oxygens (including phenoxy) is 1. The molecule has 2 rings (SSSR count). The van der Waals surface area contributed by atoms with Gasteiger partial charge in [0.25, 0.3) is 0 Å². The van der Waals surface area contributed by atoms with Crippen molar-refractivity contribution < 1.29 is 9.53 Å². The first-order valence-electron chi connectivity index (χ1n) is 7.79. The highest BCUT2D eigenvalue weighted by atomic mass is 16.6. The quantitative estimate of drug-likeness (QED) is 0.792. The number of amides is 1. The molecule has 2 heterocycles. The molecule has 0 unspecified atom stereocenters. The highest BCUT2D eigenvalue weighted by molar-refractivity contribution is 5.79. The van der Waals surface area contributed by atoms with Crippen LogP contribution in [0.1, 0.15) is 40.2 Å². The standard InChI is InChI=1S/C17H26N4O2/c1-16(2,3)23-15(22)21-17(4,5)11-18-9-12-10-20-14-13(12)7-6-8-19-14/h6-8,10,18H,9,11H2,1-5H3,(H,19,20)(H,21,22). The molecule has 0 spiro atoms. The molecule has 0 saturated carbocycles. The molecule has 0 aliphatic rings. The zero-order valence-corrected chi connectivity index (χ0v) is 14.5. The first kappa shape index (κ1) is 17.3. The summed E-state index contributed by atoms with van der Waals surface area (Å²) in [6, 6.07) is 3.97. The van der Waals surface area contributed by atoms with E-state index in [1.807, 2.05) is 52.9 Å². The molecule has 0 atom stereocenters. The topological polar surface area (TPSA) is 79.0 Å². The fourth-order valence-electron chi connectivity index (χ4n) is 2.29. The monoisotopic (exact) mass is 318 g/mol. The fraction of sp³-hybridized carbons (Fsp3) is 0.529. The van der Waals surface area contributed by atoms with Gasteiger partial charge in [-0.2, -0.15) is 0 Å². The number of hydrogen-bond donors (Lipinski definition) is 3. The lowest BCUT2D eigenvalue weighted by molar-refractivity contribution is 0.0472. The molecule has 0 aliphatic carbocycles. The molecule has 6 nitrogen and oxygen atoms in total. The first-order valence-corrected chi connectivity index (χ1v) is 7.79. The van der Waals surface area contributed by atoms with Crippen molar-refractivity contribution in [2.75, 3.05) is 6.54 Å². The average molecular weight is 318 g/mol. The second-order valence-electron chi connectivity index (χ2n) is 7.33. The smallest absolute Gasteiger partial charge is 0.408 e. The number of aromatic nitrogens is 2. The lowest BCUT2D eigenvalue weighted by atomic mass is 10.1. The fourth-order valence-corrected chi connectivity index (χ4v) is 2.29. The lowest BCUT2D eigenvalue weighted by Crippen LogP contribution is -2.51. The van der Waals surface area contributed by atoms with Crippen LogP contribution in [0.4, 0.5) is 4.79 Å². The summed E-state index contributed by atoms with van der Waals surface area (Å²) in [6.45, 7) is 10.8. The molecule has 0 aromatic carbocycles. The summed E-state index contributed by atoms with van der Waals surface area (Å²) in [7, 11) is 0. The molecule has 23 heavy (non-hydrogen) atoms. The molecule has 0 aliphatic heterocycles. The number of carbonyl (C=O) groups is 1. The van der Waals surface area contributed by atoms with Crippen molar-refractivity contribution in [3.05, 3.63) is 30.1 Å². The third-order valence-electron chi connectivity index (χ3n) is 3.26. The van der Waals surface area contributed by atoms with E-state index in [2.05, 4.69) is 20.6 Å². The molecule has 0 radical (unpaired) electrons. The van der Waals surface area contributed by atoms with Crippen LogP contribution in [0.15, 0.2) is 24.5 Å². The second kappa shape index (κ2) is 6.58. The third-order valence-corrected chi connectivity index (χ3v) is 3.26. The Morgan fingerprint density at radius 1 is 1.30 bits per heavy atom. The minimum absolute atomic E-state index is 0.402. The van der Waals surface area contributed by atoms with Gasteiger partial charge in [0, 0.05) is 30.9 Å². The molecular formula is C17H26N4O2. The van der Waals surface area contributed by atoms with Crippen molar-refractivity contribution in [2.24, 2.45) is 0 Å². The normalized spacial score (nSPS) is 12.4. The number of aromatic amines is 1. The Morgan fingerprint density at radius 3 is 2.74 bits per heavy atom. The van der Waals surface area contributed by atoms with Gasteiger partial charge >= 0.3 is 6.09 Å². The third kappa shape index (κ3) is 5.25. The van der Waals surface area contributed by atoms with E-state index in [-0.39, 0.29) is 0 Å². The van der Waals surface area contributed by atoms with E-state index in [0.717, 1.165) is 16.6 Å². The van der Waals surface area contributed by atoms with E-state index in [1.54, 1.807) is 6.20 Å². The first-order chi connectivity index (χ1) is 10.7. The van der Waals surface area contributed by atoms with Gasteiger partial charge in [0.1, 0.15) is 11.2 Å². The maximum atomic E-state index is 11.9. The molecule has 6 heteroatoms. The summed E-state index contributed by atoms with van der Waals surface area (Å²) in [5, 5.41) is 7.37. The van der Waals surface area contributed by atoms with Crippen LogP contribution in [0.3, 0.4) is 0 Å². The molecule has 126 valence electrons. The predicted octanol–water partition coefficient (Wildman–Crippen LogP) is 2.96. The van der Waals surface area contributed by atoms with Crippen molar-refractivity contribution in [1.29, 1.82) is 0 Å². The highest BCUT2D eigenvalue weighted by Gasteiger charge is 2.24. The Bertz CT molecular complexity index is 671. The number of nitrogens with zero attached hydrogens (tertiary/aromatic N) is 1. The van der Waals surface area contributed by atoms with Crippen molar-refractivity contribution in [2.45, 2.75) is 52.3 Å².